The highest BCUT2D eigenvalue weighted by Crippen LogP contribution is 2.47. The van der Waals surface area contributed by atoms with Gasteiger partial charge in [-0.15, -0.1) is 0 Å². The molecule has 0 aromatic heterocycles. The lowest BCUT2D eigenvalue weighted by Gasteiger charge is -2.37. The molecule has 1 aliphatic carbocycles. The average Bonchev–Trinajstić information content (AvgIpc) is 2.37. The molecule has 2 N–H and O–H groups in total. The van der Waals surface area contributed by atoms with Crippen molar-refractivity contribution in [2.45, 2.75) is 18.6 Å². The van der Waals surface area contributed by atoms with E-state index in [9.17, 15) is 10.2 Å². The molecule has 0 amide bonds. The van der Waals surface area contributed by atoms with Gasteiger partial charge in [-0.3, -0.25) is 0 Å². The van der Waals surface area contributed by atoms with Crippen LogP contribution in [0.2, 0.25) is 0 Å². The highest BCUT2D eigenvalue weighted by atomic mass is 16.3. The summed E-state index contributed by atoms with van der Waals surface area (Å²) in [6.07, 6.45) is -0.881. The van der Waals surface area contributed by atoms with Crippen LogP contribution in [0.1, 0.15) is 24.2 Å². The Labute approximate surface area is 100 Å². The smallest absolute Gasteiger partial charge is 0.117 e. The van der Waals surface area contributed by atoms with E-state index in [0.717, 1.165) is 22.3 Å². The van der Waals surface area contributed by atoms with Gasteiger partial charge in [-0.1, -0.05) is 48.5 Å². The van der Waals surface area contributed by atoms with Crippen molar-refractivity contribution < 1.29 is 10.2 Å². The van der Waals surface area contributed by atoms with Crippen LogP contribution >= 0.6 is 0 Å². The third-order valence-electron chi connectivity index (χ3n) is 3.55. The molecule has 0 spiro atoms. The maximum absolute atomic E-state index is 10.5. The van der Waals surface area contributed by atoms with Gasteiger partial charge >= 0.3 is 0 Å². The Morgan fingerprint density at radius 3 is 2.29 bits per heavy atom. The van der Waals surface area contributed by atoms with Gasteiger partial charge in [0.25, 0.3) is 0 Å². The van der Waals surface area contributed by atoms with E-state index in [1.165, 1.54) is 0 Å². The number of hydrogen-bond donors (Lipinski definition) is 2. The largest absolute Gasteiger partial charge is 0.385 e. The van der Waals surface area contributed by atoms with Gasteiger partial charge in [-0.05, 0) is 29.2 Å². The molecule has 2 atom stereocenters. The van der Waals surface area contributed by atoms with Crippen molar-refractivity contribution in [3.8, 4) is 11.1 Å². The Kier molecular flexibility index (Phi) is 2.12. The summed E-state index contributed by atoms with van der Waals surface area (Å²) in [7, 11) is 0. The summed E-state index contributed by atoms with van der Waals surface area (Å²) in [4.78, 5) is 0. The molecule has 2 aromatic rings. The first-order valence-corrected chi connectivity index (χ1v) is 5.71. The van der Waals surface area contributed by atoms with E-state index < -0.39 is 11.7 Å². The van der Waals surface area contributed by atoms with Crippen LogP contribution in [0.25, 0.3) is 11.1 Å². The van der Waals surface area contributed by atoms with Crippen LogP contribution < -0.4 is 0 Å². The molecule has 2 heteroatoms. The van der Waals surface area contributed by atoms with Crippen molar-refractivity contribution >= 4 is 0 Å². The van der Waals surface area contributed by atoms with E-state index in [-0.39, 0.29) is 0 Å². The first-order valence-electron chi connectivity index (χ1n) is 5.71. The van der Waals surface area contributed by atoms with Gasteiger partial charge in [0.05, 0.1) is 0 Å². The monoisotopic (exact) mass is 226 g/mol. The SMILES string of the molecule is C[C@]1(O)c2ccccc2-c2ccccc2[C@H]1O. The second-order valence-corrected chi connectivity index (χ2v) is 4.68. The summed E-state index contributed by atoms with van der Waals surface area (Å²) in [6.45, 7) is 1.66. The van der Waals surface area contributed by atoms with Crippen LogP contribution in [-0.4, -0.2) is 10.2 Å². The predicted molar refractivity (Wildman–Crippen MR) is 66.4 cm³/mol. The topological polar surface area (TPSA) is 40.5 Å². The van der Waals surface area contributed by atoms with E-state index in [1.807, 2.05) is 48.5 Å². The lowest BCUT2D eigenvalue weighted by molar-refractivity contribution is -0.0703. The minimum Gasteiger partial charge on any atom is -0.385 e. The summed E-state index contributed by atoms with van der Waals surface area (Å²) in [6, 6.07) is 15.4. The van der Waals surface area contributed by atoms with Gasteiger partial charge in [-0.2, -0.15) is 0 Å². The Bertz CT molecular complexity index is 573. The number of rotatable bonds is 0. The molecule has 2 nitrogen and oxygen atoms in total. The van der Waals surface area contributed by atoms with Crippen molar-refractivity contribution in [1.82, 2.24) is 0 Å². The summed E-state index contributed by atoms with van der Waals surface area (Å²) >= 11 is 0. The highest BCUT2D eigenvalue weighted by molar-refractivity contribution is 5.75. The van der Waals surface area contributed by atoms with Crippen molar-refractivity contribution in [3.05, 3.63) is 59.7 Å². The minimum atomic E-state index is -1.23. The number of hydrogen-bond acceptors (Lipinski definition) is 2. The number of benzene rings is 2. The summed E-state index contributed by atoms with van der Waals surface area (Å²) in [5, 5.41) is 20.8. The second kappa shape index (κ2) is 3.42. The lowest BCUT2D eigenvalue weighted by atomic mass is 9.75. The molecule has 86 valence electrons. The Morgan fingerprint density at radius 1 is 0.941 bits per heavy atom. The predicted octanol–water partition coefficient (Wildman–Crippen LogP) is 2.61. The van der Waals surface area contributed by atoms with Crippen molar-refractivity contribution in [3.63, 3.8) is 0 Å². The van der Waals surface area contributed by atoms with Crippen LogP contribution in [0, 0.1) is 0 Å². The maximum Gasteiger partial charge on any atom is 0.117 e. The molecule has 0 bridgehead atoms. The van der Waals surface area contributed by atoms with Gasteiger partial charge in [0.2, 0.25) is 0 Å². The molecule has 17 heavy (non-hydrogen) atoms. The van der Waals surface area contributed by atoms with E-state index >= 15 is 0 Å². The zero-order chi connectivity index (χ0) is 12.0. The normalized spacial score (nSPS) is 26.2. The molecule has 1 aliphatic rings. The van der Waals surface area contributed by atoms with Crippen molar-refractivity contribution in [1.29, 1.82) is 0 Å². The van der Waals surface area contributed by atoms with Gasteiger partial charge in [0.1, 0.15) is 11.7 Å². The number of aliphatic hydroxyl groups excluding tert-OH is 1. The Balaban J connectivity index is 2.37. The molecule has 0 aliphatic heterocycles. The fourth-order valence-corrected chi connectivity index (χ4v) is 2.59. The first kappa shape index (κ1) is 10.5. The zero-order valence-corrected chi connectivity index (χ0v) is 9.59. The summed E-state index contributed by atoms with van der Waals surface area (Å²) in [5.74, 6) is 0. The number of fused-ring (bicyclic) bond motifs is 3. The van der Waals surface area contributed by atoms with Gasteiger partial charge in [-0.25, -0.2) is 0 Å². The van der Waals surface area contributed by atoms with Gasteiger partial charge < -0.3 is 10.2 Å². The fraction of sp³-hybridized carbons (Fsp3) is 0.200. The summed E-state index contributed by atoms with van der Waals surface area (Å²) < 4.78 is 0. The molecular weight excluding hydrogens is 212 g/mol. The van der Waals surface area contributed by atoms with E-state index in [0.29, 0.717) is 0 Å². The van der Waals surface area contributed by atoms with E-state index in [1.54, 1.807) is 6.92 Å². The lowest BCUT2D eigenvalue weighted by Crippen LogP contribution is -2.33. The quantitative estimate of drug-likeness (QED) is 0.725. The van der Waals surface area contributed by atoms with Gasteiger partial charge in [0.15, 0.2) is 0 Å². The Hall–Kier alpha value is -1.64. The number of aliphatic hydroxyl groups is 2. The fourth-order valence-electron chi connectivity index (χ4n) is 2.59. The molecule has 0 saturated heterocycles. The third-order valence-corrected chi connectivity index (χ3v) is 3.55. The minimum absolute atomic E-state index is 0.784. The molecular formula is C15H14O2. The molecule has 3 rings (SSSR count). The first-order chi connectivity index (χ1) is 8.12. The molecule has 2 aromatic carbocycles. The van der Waals surface area contributed by atoms with Crippen LogP contribution in [0.4, 0.5) is 0 Å². The molecule has 0 saturated carbocycles. The van der Waals surface area contributed by atoms with Crippen molar-refractivity contribution in [2.75, 3.05) is 0 Å². The summed E-state index contributed by atoms with van der Waals surface area (Å²) in [5.41, 5.74) is 2.34. The highest BCUT2D eigenvalue weighted by Gasteiger charge is 2.40. The van der Waals surface area contributed by atoms with Crippen molar-refractivity contribution in [2.24, 2.45) is 0 Å². The molecule has 0 radical (unpaired) electrons. The van der Waals surface area contributed by atoms with E-state index in [2.05, 4.69) is 0 Å². The molecule has 0 heterocycles. The zero-order valence-electron chi connectivity index (χ0n) is 9.59. The average molecular weight is 226 g/mol. The molecule has 0 unspecified atom stereocenters. The van der Waals surface area contributed by atoms with Crippen LogP contribution in [-0.2, 0) is 5.60 Å². The van der Waals surface area contributed by atoms with Crippen LogP contribution in [0.15, 0.2) is 48.5 Å². The van der Waals surface area contributed by atoms with Crippen LogP contribution in [0.3, 0.4) is 0 Å². The van der Waals surface area contributed by atoms with Gasteiger partial charge in [0, 0.05) is 0 Å². The third kappa shape index (κ3) is 1.35. The maximum atomic E-state index is 10.5. The standard InChI is InChI=1S/C15H14O2/c1-15(17)13-9-5-4-7-11(13)10-6-2-3-8-12(10)14(15)16/h2-9,14,16-17H,1H3/t14-,15+/m1/s1. The Morgan fingerprint density at radius 2 is 1.53 bits per heavy atom. The van der Waals surface area contributed by atoms with E-state index in [4.69, 9.17) is 0 Å². The second-order valence-electron chi connectivity index (χ2n) is 4.68. The van der Waals surface area contributed by atoms with Crippen LogP contribution in [0.5, 0.6) is 0 Å². The molecule has 0 fully saturated rings.